The van der Waals surface area contributed by atoms with E-state index in [1.807, 2.05) is 0 Å². The first kappa shape index (κ1) is 13.0. The molecule has 0 amide bonds. The molecule has 1 aliphatic heterocycles. The first-order valence-corrected chi connectivity index (χ1v) is 5.50. The SMILES string of the molecule is Cc1cn([C@H]2CC(O)[C@@H](CON)O2)c(=O)[nH]c1=O. The van der Waals surface area contributed by atoms with Crippen molar-refractivity contribution in [2.45, 2.75) is 31.8 Å². The van der Waals surface area contributed by atoms with Gasteiger partial charge in [-0.15, -0.1) is 0 Å². The number of hydrogen-bond donors (Lipinski definition) is 3. The number of nitrogens with two attached hydrogens (primary N) is 1. The third kappa shape index (κ3) is 2.36. The Labute approximate surface area is 102 Å². The van der Waals surface area contributed by atoms with Gasteiger partial charge in [0.15, 0.2) is 0 Å². The van der Waals surface area contributed by atoms with Crippen LogP contribution in [-0.2, 0) is 9.57 Å². The number of aromatic amines is 1. The first-order chi connectivity index (χ1) is 8.52. The van der Waals surface area contributed by atoms with Crippen molar-refractivity contribution in [3.8, 4) is 0 Å². The molecule has 0 spiro atoms. The molecular formula is C10H15N3O5. The summed E-state index contributed by atoms with van der Waals surface area (Å²) in [7, 11) is 0. The topological polar surface area (TPSA) is 120 Å². The van der Waals surface area contributed by atoms with Gasteiger partial charge in [-0.25, -0.2) is 10.7 Å². The summed E-state index contributed by atoms with van der Waals surface area (Å²) in [5.74, 6) is 4.92. The Balaban J connectivity index is 2.26. The number of ether oxygens (including phenoxy) is 1. The van der Waals surface area contributed by atoms with Crippen LogP contribution in [0.4, 0.5) is 0 Å². The highest BCUT2D eigenvalue weighted by Gasteiger charge is 2.35. The minimum atomic E-state index is -0.766. The number of aryl methyl sites for hydroxylation is 1. The smallest absolute Gasteiger partial charge is 0.330 e. The standard InChI is InChI=1S/C10H15N3O5/c1-5-3-13(10(16)12-9(5)15)8-2-6(14)7(18-8)4-17-11/h3,6-8,14H,2,4,11H2,1H3,(H,12,15,16)/t6?,7-,8-/m1/s1. The minimum Gasteiger partial charge on any atom is -0.390 e. The number of hydrogen-bond acceptors (Lipinski definition) is 6. The monoisotopic (exact) mass is 257 g/mol. The van der Waals surface area contributed by atoms with E-state index < -0.39 is 29.7 Å². The second kappa shape index (κ2) is 5.02. The fraction of sp³-hybridized carbons (Fsp3) is 0.600. The van der Waals surface area contributed by atoms with Crippen molar-refractivity contribution in [2.75, 3.05) is 6.61 Å². The molecule has 1 saturated heterocycles. The van der Waals surface area contributed by atoms with E-state index in [0.717, 1.165) is 0 Å². The maximum Gasteiger partial charge on any atom is 0.330 e. The summed E-state index contributed by atoms with van der Waals surface area (Å²) >= 11 is 0. The van der Waals surface area contributed by atoms with Crippen LogP contribution >= 0.6 is 0 Å². The number of aliphatic hydroxyl groups is 1. The molecule has 1 aliphatic rings. The molecule has 18 heavy (non-hydrogen) atoms. The van der Waals surface area contributed by atoms with Gasteiger partial charge in [0.25, 0.3) is 5.56 Å². The van der Waals surface area contributed by atoms with Gasteiger partial charge < -0.3 is 14.7 Å². The lowest BCUT2D eigenvalue weighted by molar-refractivity contribution is -0.0642. The fourth-order valence-electron chi connectivity index (χ4n) is 1.93. The zero-order chi connectivity index (χ0) is 13.3. The quantitative estimate of drug-likeness (QED) is 0.560. The van der Waals surface area contributed by atoms with Gasteiger partial charge in [-0.2, -0.15) is 0 Å². The lowest BCUT2D eigenvalue weighted by Gasteiger charge is -2.15. The Morgan fingerprint density at radius 2 is 2.39 bits per heavy atom. The van der Waals surface area contributed by atoms with E-state index in [1.165, 1.54) is 10.8 Å². The third-order valence-electron chi connectivity index (χ3n) is 2.92. The van der Waals surface area contributed by atoms with Crippen LogP contribution in [0.2, 0.25) is 0 Å². The van der Waals surface area contributed by atoms with E-state index in [4.69, 9.17) is 10.6 Å². The second-order valence-corrected chi connectivity index (χ2v) is 4.24. The summed E-state index contributed by atoms with van der Waals surface area (Å²) in [5, 5.41) is 9.72. The number of aliphatic hydroxyl groups excluding tert-OH is 1. The summed E-state index contributed by atoms with van der Waals surface area (Å²) in [6.45, 7) is 1.62. The average Bonchev–Trinajstić information content (AvgIpc) is 2.66. The molecule has 0 aromatic carbocycles. The van der Waals surface area contributed by atoms with E-state index >= 15 is 0 Å². The molecular weight excluding hydrogens is 242 g/mol. The molecule has 2 rings (SSSR count). The lowest BCUT2D eigenvalue weighted by atomic mass is 10.2. The zero-order valence-corrected chi connectivity index (χ0v) is 9.83. The molecule has 0 saturated carbocycles. The summed E-state index contributed by atoms with van der Waals surface area (Å²) in [6.07, 6.45) is -0.344. The maximum atomic E-state index is 11.6. The molecule has 8 nitrogen and oxygen atoms in total. The van der Waals surface area contributed by atoms with Crippen molar-refractivity contribution in [3.63, 3.8) is 0 Å². The van der Waals surface area contributed by atoms with Gasteiger partial charge in [-0.1, -0.05) is 0 Å². The van der Waals surface area contributed by atoms with Crippen LogP contribution in [-0.4, -0.2) is 33.5 Å². The number of rotatable bonds is 3. The van der Waals surface area contributed by atoms with Gasteiger partial charge in [-0.3, -0.25) is 14.3 Å². The van der Waals surface area contributed by atoms with E-state index in [-0.39, 0.29) is 13.0 Å². The Kier molecular flexibility index (Phi) is 3.62. The summed E-state index contributed by atoms with van der Waals surface area (Å²) in [5.41, 5.74) is -0.611. The average molecular weight is 257 g/mol. The Bertz CT molecular complexity index is 537. The van der Waals surface area contributed by atoms with E-state index in [9.17, 15) is 14.7 Å². The number of nitrogens with zero attached hydrogens (tertiary/aromatic N) is 1. The van der Waals surface area contributed by atoms with Gasteiger partial charge in [0.2, 0.25) is 0 Å². The van der Waals surface area contributed by atoms with Crippen molar-refractivity contribution in [2.24, 2.45) is 5.90 Å². The highest BCUT2D eigenvalue weighted by molar-refractivity contribution is 5.02. The molecule has 8 heteroatoms. The summed E-state index contributed by atoms with van der Waals surface area (Å²) in [4.78, 5) is 29.5. The third-order valence-corrected chi connectivity index (χ3v) is 2.92. The molecule has 1 aromatic rings. The Hall–Kier alpha value is -1.48. The number of H-pyrrole nitrogens is 1. The van der Waals surface area contributed by atoms with Crippen LogP contribution in [0.3, 0.4) is 0 Å². The highest BCUT2D eigenvalue weighted by Crippen LogP contribution is 2.27. The molecule has 1 unspecified atom stereocenters. The van der Waals surface area contributed by atoms with E-state index in [0.29, 0.717) is 5.56 Å². The minimum absolute atomic E-state index is 0.0365. The van der Waals surface area contributed by atoms with Crippen LogP contribution in [0.1, 0.15) is 18.2 Å². The van der Waals surface area contributed by atoms with Gasteiger partial charge in [-0.05, 0) is 6.92 Å². The number of nitrogens with one attached hydrogen (secondary N) is 1. The Morgan fingerprint density at radius 3 is 3.06 bits per heavy atom. The van der Waals surface area contributed by atoms with Gasteiger partial charge >= 0.3 is 5.69 Å². The molecule has 3 atom stereocenters. The van der Waals surface area contributed by atoms with Gasteiger partial charge in [0.05, 0.1) is 12.7 Å². The number of aromatic nitrogens is 2. The molecule has 1 fully saturated rings. The summed E-state index contributed by atoms with van der Waals surface area (Å²) < 4.78 is 6.71. The molecule has 4 N–H and O–H groups in total. The maximum absolute atomic E-state index is 11.6. The van der Waals surface area contributed by atoms with Crippen LogP contribution in [0.15, 0.2) is 15.8 Å². The van der Waals surface area contributed by atoms with Crippen LogP contribution in [0.25, 0.3) is 0 Å². The predicted octanol–water partition coefficient (Wildman–Crippen LogP) is -1.62. The summed E-state index contributed by atoms with van der Waals surface area (Å²) in [6, 6.07) is 0. The molecule has 100 valence electrons. The van der Waals surface area contributed by atoms with Crippen LogP contribution in [0, 0.1) is 6.92 Å². The van der Waals surface area contributed by atoms with Crippen molar-refractivity contribution in [3.05, 3.63) is 32.6 Å². The lowest BCUT2D eigenvalue weighted by Crippen LogP contribution is -2.33. The molecule has 0 radical (unpaired) electrons. The van der Waals surface area contributed by atoms with Gasteiger partial charge in [0, 0.05) is 18.2 Å². The second-order valence-electron chi connectivity index (χ2n) is 4.24. The first-order valence-electron chi connectivity index (χ1n) is 5.50. The zero-order valence-electron chi connectivity index (χ0n) is 9.83. The van der Waals surface area contributed by atoms with Crippen molar-refractivity contribution < 1.29 is 14.7 Å². The van der Waals surface area contributed by atoms with Gasteiger partial charge in [0.1, 0.15) is 12.3 Å². The highest BCUT2D eigenvalue weighted by atomic mass is 16.6. The fourth-order valence-corrected chi connectivity index (χ4v) is 1.93. The van der Waals surface area contributed by atoms with E-state index in [1.54, 1.807) is 6.92 Å². The molecule has 0 aliphatic carbocycles. The molecule has 0 bridgehead atoms. The normalized spacial score (nSPS) is 27.6. The Morgan fingerprint density at radius 1 is 1.67 bits per heavy atom. The van der Waals surface area contributed by atoms with Crippen LogP contribution < -0.4 is 17.1 Å². The van der Waals surface area contributed by atoms with Crippen LogP contribution in [0.5, 0.6) is 0 Å². The van der Waals surface area contributed by atoms with Crippen molar-refractivity contribution >= 4 is 0 Å². The van der Waals surface area contributed by atoms with Crippen molar-refractivity contribution in [1.29, 1.82) is 0 Å². The largest absolute Gasteiger partial charge is 0.390 e. The predicted molar refractivity (Wildman–Crippen MR) is 60.7 cm³/mol. The molecule has 1 aromatic heterocycles. The van der Waals surface area contributed by atoms with E-state index in [2.05, 4.69) is 9.82 Å². The van der Waals surface area contributed by atoms with Crippen molar-refractivity contribution in [1.82, 2.24) is 9.55 Å². The molecule has 2 heterocycles.